The average Bonchev–Trinajstić information content (AvgIpc) is 3.21. The molecule has 0 radical (unpaired) electrons. The molecule has 0 unspecified atom stereocenters. The number of thioether (sulfide) groups is 1. The van der Waals surface area contributed by atoms with E-state index in [0.29, 0.717) is 5.16 Å². The van der Waals surface area contributed by atoms with Gasteiger partial charge in [-0.05, 0) is 24.3 Å². The van der Waals surface area contributed by atoms with Crippen molar-refractivity contribution < 1.29 is 27.5 Å². The second kappa shape index (κ2) is 6.63. The van der Waals surface area contributed by atoms with Gasteiger partial charge in [-0.3, -0.25) is 4.79 Å². The molecule has 2 aromatic heterocycles. The van der Waals surface area contributed by atoms with E-state index in [1.165, 1.54) is 18.2 Å². The van der Waals surface area contributed by atoms with Crippen LogP contribution in [0.15, 0.2) is 46.0 Å². The molecule has 25 heavy (non-hydrogen) atoms. The molecule has 10 heteroatoms. The first-order chi connectivity index (χ1) is 11.8. The maximum atomic E-state index is 12.8. The summed E-state index contributed by atoms with van der Waals surface area (Å²) in [4.78, 5) is 13.3. The van der Waals surface area contributed by atoms with E-state index >= 15 is 0 Å². The molecule has 2 N–H and O–H groups in total. The first-order valence-corrected chi connectivity index (χ1v) is 7.86. The first-order valence-electron chi connectivity index (χ1n) is 6.88. The number of carboxylic acids is 1. The molecule has 0 fully saturated rings. The maximum absolute atomic E-state index is 12.8. The minimum absolute atomic E-state index is 0.178. The predicted molar refractivity (Wildman–Crippen MR) is 82.9 cm³/mol. The Morgan fingerprint density at radius 3 is 2.68 bits per heavy atom. The van der Waals surface area contributed by atoms with E-state index < -0.39 is 17.7 Å². The fourth-order valence-electron chi connectivity index (χ4n) is 2.02. The summed E-state index contributed by atoms with van der Waals surface area (Å²) in [6, 6.07) is 7.86. The van der Waals surface area contributed by atoms with E-state index in [9.17, 15) is 18.0 Å². The Kier molecular flexibility index (Phi) is 4.53. The summed E-state index contributed by atoms with van der Waals surface area (Å²) >= 11 is 0.957. The number of H-pyrrole nitrogens is 1. The number of hydrogen-bond donors (Lipinski definition) is 2. The Bertz CT molecular complexity index is 905. The number of furan rings is 1. The summed E-state index contributed by atoms with van der Waals surface area (Å²) < 4.78 is 43.9. The molecular weight excluding hydrogens is 359 g/mol. The molecule has 0 atom stereocenters. The number of carbonyl (C=O) groups is 1. The lowest BCUT2D eigenvalue weighted by atomic mass is 10.1. The van der Waals surface area contributed by atoms with Crippen LogP contribution < -0.4 is 0 Å². The van der Waals surface area contributed by atoms with Crippen LogP contribution in [0.3, 0.4) is 0 Å². The first kappa shape index (κ1) is 17.1. The van der Waals surface area contributed by atoms with Gasteiger partial charge < -0.3 is 14.5 Å². The number of aromatic amines is 1. The Morgan fingerprint density at radius 2 is 1.96 bits per heavy atom. The summed E-state index contributed by atoms with van der Waals surface area (Å²) in [5.41, 5.74) is -0.490. The lowest BCUT2D eigenvalue weighted by Crippen LogP contribution is -2.04. The summed E-state index contributed by atoms with van der Waals surface area (Å²) in [6.45, 7) is 0. The van der Waals surface area contributed by atoms with Gasteiger partial charge in [0, 0.05) is 5.56 Å². The maximum Gasteiger partial charge on any atom is 0.416 e. The second-order valence-electron chi connectivity index (χ2n) is 4.90. The van der Waals surface area contributed by atoms with Crippen molar-refractivity contribution in [1.29, 1.82) is 0 Å². The molecule has 3 aromatic rings. The van der Waals surface area contributed by atoms with Crippen molar-refractivity contribution in [1.82, 2.24) is 15.2 Å². The third-order valence-electron chi connectivity index (χ3n) is 3.11. The Hall–Kier alpha value is -2.75. The molecule has 6 nitrogen and oxygen atoms in total. The van der Waals surface area contributed by atoms with Crippen LogP contribution in [0.4, 0.5) is 13.2 Å². The fraction of sp³-hybridized carbons (Fsp3) is 0.133. The quantitative estimate of drug-likeness (QED) is 0.662. The third-order valence-corrected chi connectivity index (χ3v) is 3.96. The number of hydrogen-bond acceptors (Lipinski definition) is 5. The van der Waals surface area contributed by atoms with Gasteiger partial charge in [0.05, 0.1) is 11.3 Å². The van der Waals surface area contributed by atoms with Crippen molar-refractivity contribution in [2.45, 2.75) is 11.3 Å². The number of nitrogens with zero attached hydrogens (tertiary/aromatic N) is 2. The van der Waals surface area contributed by atoms with Gasteiger partial charge in [-0.15, -0.1) is 10.2 Å². The molecule has 0 aliphatic heterocycles. The Labute approximate surface area is 143 Å². The highest BCUT2D eigenvalue weighted by Crippen LogP contribution is 2.33. The highest BCUT2D eigenvalue weighted by atomic mass is 32.2. The molecule has 0 spiro atoms. The zero-order valence-electron chi connectivity index (χ0n) is 12.4. The highest BCUT2D eigenvalue weighted by Gasteiger charge is 2.30. The third kappa shape index (κ3) is 4.02. The molecule has 0 bridgehead atoms. The average molecular weight is 369 g/mol. The van der Waals surface area contributed by atoms with E-state index in [4.69, 9.17) is 9.52 Å². The van der Waals surface area contributed by atoms with Crippen LogP contribution in [0.2, 0.25) is 0 Å². The van der Waals surface area contributed by atoms with Gasteiger partial charge in [0.25, 0.3) is 0 Å². The summed E-state index contributed by atoms with van der Waals surface area (Å²) in [7, 11) is 0. The van der Waals surface area contributed by atoms with Crippen molar-refractivity contribution >= 4 is 17.7 Å². The smallest absolute Gasteiger partial charge is 0.416 e. The predicted octanol–water partition coefficient (Wildman–Crippen LogP) is 3.93. The summed E-state index contributed by atoms with van der Waals surface area (Å²) in [5, 5.41) is 16.5. The molecule has 0 amide bonds. The standard InChI is InChI=1S/C15H10F3N3O3S/c16-15(17,18)9-3-1-2-8(6-9)10-4-5-11(24-10)13-19-14(21-20-13)25-7-12(22)23/h1-6H,7H2,(H,22,23)(H,19,20,21). The van der Waals surface area contributed by atoms with E-state index in [1.807, 2.05) is 0 Å². The van der Waals surface area contributed by atoms with E-state index in [0.717, 1.165) is 23.9 Å². The Morgan fingerprint density at radius 1 is 1.20 bits per heavy atom. The molecule has 0 saturated heterocycles. The van der Waals surface area contributed by atoms with Crippen LogP contribution in [0.5, 0.6) is 0 Å². The molecule has 0 aliphatic rings. The number of carboxylic acid groups (broad SMARTS) is 1. The number of aromatic nitrogens is 3. The van der Waals surface area contributed by atoms with Crippen LogP contribution in [0, 0.1) is 0 Å². The molecule has 1 aromatic carbocycles. The number of alkyl halides is 3. The van der Waals surface area contributed by atoms with Crippen molar-refractivity contribution in [3.8, 4) is 22.9 Å². The molecule has 0 aliphatic carbocycles. The van der Waals surface area contributed by atoms with Crippen molar-refractivity contribution in [2.24, 2.45) is 0 Å². The van der Waals surface area contributed by atoms with Gasteiger partial charge in [-0.2, -0.15) is 13.2 Å². The fourth-order valence-corrected chi connectivity index (χ4v) is 2.55. The number of nitrogens with one attached hydrogen (secondary N) is 1. The van der Waals surface area contributed by atoms with Crippen LogP contribution >= 0.6 is 11.8 Å². The van der Waals surface area contributed by atoms with Crippen LogP contribution in [-0.2, 0) is 11.0 Å². The van der Waals surface area contributed by atoms with Crippen LogP contribution in [0.25, 0.3) is 22.9 Å². The molecule has 0 saturated carbocycles. The number of rotatable bonds is 5. The summed E-state index contributed by atoms with van der Waals surface area (Å²) in [6.07, 6.45) is -4.44. The van der Waals surface area contributed by atoms with Gasteiger partial charge in [-0.25, -0.2) is 0 Å². The lowest BCUT2D eigenvalue weighted by molar-refractivity contribution is -0.137. The van der Waals surface area contributed by atoms with Crippen LogP contribution in [-0.4, -0.2) is 32.0 Å². The van der Waals surface area contributed by atoms with Gasteiger partial charge in [0.2, 0.25) is 0 Å². The molecular formula is C15H10F3N3O3S. The van der Waals surface area contributed by atoms with Gasteiger partial charge in [0.15, 0.2) is 16.7 Å². The number of halogens is 3. The normalized spacial score (nSPS) is 11.6. The lowest BCUT2D eigenvalue weighted by Gasteiger charge is -2.07. The molecule has 2 heterocycles. The largest absolute Gasteiger partial charge is 0.481 e. The van der Waals surface area contributed by atoms with E-state index in [2.05, 4.69) is 15.2 Å². The Balaban J connectivity index is 1.82. The minimum Gasteiger partial charge on any atom is -0.481 e. The summed E-state index contributed by atoms with van der Waals surface area (Å²) in [5.74, 6) is -0.388. The topological polar surface area (TPSA) is 92.0 Å². The molecule has 130 valence electrons. The minimum atomic E-state index is -4.44. The SMILES string of the molecule is O=C(O)CSc1nnc(-c2ccc(-c3cccc(C(F)(F)F)c3)o2)[nH]1. The number of aliphatic carboxylic acids is 1. The molecule has 3 rings (SSSR count). The van der Waals surface area contributed by atoms with E-state index in [1.54, 1.807) is 6.07 Å². The van der Waals surface area contributed by atoms with Crippen molar-refractivity contribution in [2.75, 3.05) is 5.75 Å². The van der Waals surface area contributed by atoms with Gasteiger partial charge in [0.1, 0.15) is 5.76 Å². The van der Waals surface area contributed by atoms with E-state index in [-0.39, 0.29) is 28.7 Å². The van der Waals surface area contributed by atoms with Gasteiger partial charge >= 0.3 is 12.1 Å². The van der Waals surface area contributed by atoms with Crippen molar-refractivity contribution in [3.05, 3.63) is 42.0 Å². The monoisotopic (exact) mass is 369 g/mol. The van der Waals surface area contributed by atoms with Crippen molar-refractivity contribution in [3.63, 3.8) is 0 Å². The highest BCUT2D eigenvalue weighted by molar-refractivity contribution is 7.99. The number of benzene rings is 1. The zero-order chi connectivity index (χ0) is 18.0. The second-order valence-corrected chi connectivity index (χ2v) is 5.87. The van der Waals surface area contributed by atoms with Crippen LogP contribution in [0.1, 0.15) is 5.56 Å². The zero-order valence-corrected chi connectivity index (χ0v) is 13.2. The van der Waals surface area contributed by atoms with Gasteiger partial charge in [-0.1, -0.05) is 23.9 Å².